The number of amides is 1. The first-order valence-electron chi connectivity index (χ1n) is 9.64. The van der Waals surface area contributed by atoms with Crippen molar-refractivity contribution in [3.8, 4) is 5.75 Å². The molecule has 1 aromatic heterocycles. The molecule has 3 aromatic rings. The molecule has 2 aromatic carbocycles. The second kappa shape index (κ2) is 7.84. The van der Waals surface area contributed by atoms with E-state index in [4.69, 9.17) is 4.74 Å². The Bertz CT molecular complexity index is 1040. The van der Waals surface area contributed by atoms with E-state index in [9.17, 15) is 9.59 Å². The van der Waals surface area contributed by atoms with Crippen LogP contribution in [0.2, 0.25) is 0 Å². The number of carbonyl (C=O) groups excluding carboxylic acids is 1. The van der Waals surface area contributed by atoms with Gasteiger partial charge in [0.05, 0.1) is 29.9 Å². The van der Waals surface area contributed by atoms with Crippen LogP contribution in [0, 0.1) is 0 Å². The molecule has 0 aliphatic carbocycles. The Morgan fingerprint density at radius 1 is 1.18 bits per heavy atom. The van der Waals surface area contributed by atoms with Gasteiger partial charge in [0.2, 0.25) is 5.91 Å². The molecule has 0 radical (unpaired) electrons. The van der Waals surface area contributed by atoms with Crippen molar-refractivity contribution in [2.45, 2.75) is 32.4 Å². The van der Waals surface area contributed by atoms with Gasteiger partial charge < -0.3 is 9.64 Å². The molecule has 1 aliphatic rings. The van der Waals surface area contributed by atoms with Gasteiger partial charge in [-0.1, -0.05) is 24.3 Å². The van der Waals surface area contributed by atoms with Gasteiger partial charge in [-0.05, 0) is 49.6 Å². The molecular formula is C22H23N3O3. The van der Waals surface area contributed by atoms with Crippen molar-refractivity contribution < 1.29 is 9.53 Å². The van der Waals surface area contributed by atoms with E-state index in [2.05, 4.69) is 4.98 Å². The van der Waals surface area contributed by atoms with Crippen molar-refractivity contribution in [2.24, 2.45) is 0 Å². The normalized spacial score (nSPS) is 16.5. The van der Waals surface area contributed by atoms with Crippen LogP contribution >= 0.6 is 0 Å². The van der Waals surface area contributed by atoms with E-state index in [0.29, 0.717) is 24.2 Å². The first kappa shape index (κ1) is 18.2. The molecule has 0 spiro atoms. The van der Waals surface area contributed by atoms with Crippen LogP contribution in [0.1, 0.15) is 31.4 Å². The lowest BCUT2D eigenvalue weighted by molar-refractivity contribution is -0.132. The van der Waals surface area contributed by atoms with Crippen LogP contribution in [0.15, 0.2) is 59.5 Å². The molecule has 4 rings (SSSR count). The molecule has 0 saturated carbocycles. The highest BCUT2D eigenvalue weighted by molar-refractivity contribution is 5.80. The fraction of sp³-hybridized carbons (Fsp3) is 0.318. The molecule has 1 unspecified atom stereocenters. The Balaban J connectivity index is 1.58. The summed E-state index contributed by atoms with van der Waals surface area (Å²) in [7, 11) is 0. The van der Waals surface area contributed by atoms with Crippen molar-refractivity contribution in [3.05, 3.63) is 70.6 Å². The van der Waals surface area contributed by atoms with Gasteiger partial charge in [-0.15, -0.1) is 0 Å². The summed E-state index contributed by atoms with van der Waals surface area (Å²) in [5, 5.41) is 0. The van der Waals surface area contributed by atoms with Gasteiger partial charge in [0.1, 0.15) is 12.3 Å². The summed E-state index contributed by atoms with van der Waals surface area (Å²) < 4.78 is 7.02. The number of hydrogen-bond donors (Lipinski definition) is 0. The zero-order chi connectivity index (χ0) is 19.5. The van der Waals surface area contributed by atoms with Crippen molar-refractivity contribution in [2.75, 3.05) is 13.2 Å². The molecule has 1 aliphatic heterocycles. The average molecular weight is 377 g/mol. The van der Waals surface area contributed by atoms with Gasteiger partial charge in [-0.2, -0.15) is 0 Å². The minimum atomic E-state index is -0.260. The second-order valence-electron chi connectivity index (χ2n) is 6.92. The molecule has 1 saturated heterocycles. The molecule has 0 bridgehead atoms. The van der Waals surface area contributed by atoms with E-state index in [1.54, 1.807) is 0 Å². The molecule has 0 N–H and O–H groups in total. The standard InChI is InChI=1S/C22H23N3O3/c1-2-28-17-11-9-16(10-12-17)19-8-5-13-24(19)22(27)15-25-20-7-4-3-6-18(20)23-14-21(25)26/h3-4,6-7,9-12,14,19H,2,5,8,13,15H2,1H3. The topological polar surface area (TPSA) is 64.4 Å². The van der Waals surface area contributed by atoms with Crippen LogP contribution in [0.4, 0.5) is 0 Å². The van der Waals surface area contributed by atoms with Crippen LogP contribution < -0.4 is 10.3 Å². The highest BCUT2D eigenvalue weighted by Crippen LogP contribution is 2.33. The summed E-state index contributed by atoms with van der Waals surface area (Å²) in [4.78, 5) is 31.5. The fourth-order valence-electron chi connectivity index (χ4n) is 3.87. The van der Waals surface area contributed by atoms with Crippen LogP contribution in [0.5, 0.6) is 5.75 Å². The number of carbonyl (C=O) groups is 1. The lowest BCUT2D eigenvalue weighted by Gasteiger charge is -2.26. The van der Waals surface area contributed by atoms with Gasteiger partial charge >= 0.3 is 0 Å². The van der Waals surface area contributed by atoms with E-state index >= 15 is 0 Å². The first-order valence-corrected chi connectivity index (χ1v) is 9.64. The molecule has 1 fully saturated rings. The molecule has 144 valence electrons. The number of benzene rings is 2. The zero-order valence-electron chi connectivity index (χ0n) is 15.9. The maximum absolute atomic E-state index is 13.1. The Labute approximate surface area is 163 Å². The summed E-state index contributed by atoms with van der Waals surface area (Å²) in [6.07, 6.45) is 3.16. The molecule has 6 nitrogen and oxygen atoms in total. The molecule has 1 amide bonds. The first-order chi connectivity index (χ1) is 13.7. The summed E-state index contributed by atoms with van der Waals surface area (Å²) in [6.45, 7) is 3.31. The third kappa shape index (κ3) is 3.50. The van der Waals surface area contributed by atoms with Crippen molar-refractivity contribution in [1.82, 2.24) is 14.5 Å². The van der Waals surface area contributed by atoms with Gasteiger partial charge in [0, 0.05) is 6.54 Å². The second-order valence-corrected chi connectivity index (χ2v) is 6.92. The predicted molar refractivity (Wildman–Crippen MR) is 107 cm³/mol. The number of fused-ring (bicyclic) bond motifs is 1. The minimum Gasteiger partial charge on any atom is -0.494 e. The molecular weight excluding hydrogens is 354 g/mol. The summed E-state index contributed by atoms with van der Waals surface area (Å²) >= 11 is 0. The van der Waals surface area contributed by atoms with Crippen LogP contribution in [0.3, 0.4) is 0 Å². The minimum absolute atomic E-state index is 0.0232. The maximum Gasteiger partial charge on any atom is 0.269 e. The third-order valence-electron chi connectivity index (χ3n) is 5.20. The lowest BCUT2D eigenvalue weighted by Crippen LogP contribution is -2.36. The van der Waals surface area contributed by atoms with Crippen LogP contribution in [0.25, 0.3) is 11.0 Å². The Morgan fingerprint density at radius 2 is 1.96 bits per heavy atom. The molecule has 2 heterocycles. The summed E-state index contributed by atoms with van der Waals surface area (Å²) in [6, 6.07) is 15.4. The van der Waals surface area contributed by atoms with Crippen LogP contribution in [-0.4, -0.2) is 33.5 Å². The predicted octanol–water partition coefficient (Wildman–Crippen LogP) is 3.16. The van der Waals surface area contributed by atoms with E-state index in [0.717, 1.165) is 24.2 Å². The average Bonchev–Trinajstić information content (AvgIpc) is 3.21. The zero-order valence-corrected chi connectivity index (χ0v) is 15.9. The molecule has 1 atom stereocenters. The number of rotatable bonds is 5. The summed E-state index contributed by atoms with van der Waals surface area (Å²) in [5.74, 6) is 0.784. The van der Waals surface area contributed by atoms with Crippen molar-refractivity contribution in [1.29, 1.82) is 0 Å². The van der Waals surface area contributed by atoms with E-state index in [1.807, 2.05) is 60.4 Å². The van der Waals surface area contributed by atoms with Gasteiger partial charge in [0.25, 0.3) is 5.56 Å². The molecule has 6 heteroatoms. The Hall–Kier alpha value is -3.15. The number of aromatic nitrogens is 2. The summed E-state index contributed by atoms with van der Waals surface area (Å²) in [5.41, 5.74) is 2.23. The van der Waals surface area contributed by atoms with Gasteiger partial charge in [-0.3, -0.25) is 14.2 Å². The lowest BCUT2D eigenvalue weighted by atomic mass is 10.0. The Kier molecular flexibility index (Phi) is 5.10. The number of nitrogens with zero attached hydrogens (tertiary/aromatic N) is 3. The number of likely N-dealkylation sites (tertiary alicyclic amines) is 1. The third-order valence-corrected chi connectivity index (χ3v) is 5.20. The highest BCUT2D eigenvalue weighted by Gasteiger charge is 2.30. The van der Waals surface area contributed by atoms with Gasteiger partial charge in [-0.25, -0.2) is 4.98 Å². The van der Waals surface area contributed by atoms with Crippen LogP contribution in [-0.2, 0) is 11.3 Å². The van der Waals surface area contributed by atoms with E-state index < -0.39 is 0 Å². The Morgan fingerprint density at radius 3 is 2.75 bits per heavy atom. The largest absolute Gasteiger partial charge is 0.494 e. The van der Waals surface area contributed by atoms with Crippen molar-refractivity contribution >= 4 is 16.9 Å². The van der Waals surface area contributed by atoms with E-state index in [-0.39, 0.29) is 24.1 Å². The smallest absolute Gasteiger partial charge is 0.269 e. The highest BCUT2D eigenvalue weighted by atomic mass is 16.5. The number of para-hydroxylation sites is 2. The van der Waals surface area contributed by atoms with E-state index in [1.165, 1.54) is 10.8 Å². The fourth-order valence-corrected chi connectivity index (χ4v) is 3.87. The number of hydrogen-bond acceptors (Lipinski definition) is 4. The molecule has 28 heavy (non-hydrogen) atoms. The van der Waals surface area contributed by atoms with Crippen molar-refractivity contribution in [3.63, 3.8) is 0 Å². The number of ether oxygens (including phenoxy) is 1. The monoisotopic (exact) mass is 377 g/mol. The SMILES string of the molecule is CCOc1ccc(C2CCCN2C(=O)Cn2c(=O)cnc3ccccc32)cc1. The van der Waals surface area contributed by atoms with Gasteiger partial charge in [0.15, 0.2) is 0 Å². The quantitative estimate of drug-likeness (QED) is 0.685. The maximum atomic E-state index is 13.1.